The summed E-state index contributed by atoms with van der Waals surface area (Å²) in [5.41, 5.74) is 0.680. The van der Waals surface area contributed by atoms with E-state index in [1.54, 1.807) is 30.3 Å². The van der Waals surface area contributed by atoms with Crippen molar-refractivity contribution < 1.29 is 29.0 Å². The molecule has 1 fully saturated rings. The zero-order chi connectivity index (χ0) is 21.3. The number of hydrogen-bond acceptors (Lipinski definition) is 6. The molecule has 1 aliphatic rings. The van der Waals surface area contributed by atoms with Gasteiger partial charge in [-0.05, 0) is 30.3 Å². The van der Waals surface area contributed by atoms with Crippen molar-refractivity contribution in [2.75, 3.05) is 0 Å². The molecule has 0 saturated carbocycles. The number of rotatable bonds is 6. The van der Waals surface area contributed by atoms with Crippen LogP contribution < -0.4 is 0 Å². The Morgan fingerprint density at radius 2 is 1.93 bits per heavy atom. The Balaban J connectivity index is 1.86. The number of halogens is 2. The third-order valence-corrected chi connectivity index (χ3v) is 5.96. The van der Waals surface area contributed by atoms with E-state index in [2.05, 4.69) is 0 Å². The maximum atomic E-state index is 12.6. The summed E-state index contributed by atoms with van der Waals surface area (Å²) in [6, 6.07) is 6.69. The van der Waals surface area contributed by atoms with Crippen LogP contribution in [0, 0.1) is 0 Å². The number of hydrogen-bond donors (Lipinski definition) is 2. The third-order valence-electron chi connectivity index (χ3n) is 3.89. The number of carbonyl (C=O) groups excluding carboxylic acids is 1. The number of carboxylic acid groups (broad SMARTS) is 2. The van der Waals surface area contributed by atoms with E-state index in [-0.39, 0.29) is 9.23 Å². The molecule has 7 nitrogen and oxygen atoms in total. The van der Waals surface area contributed by atoms with Gasteiger partial charge in [-0.3, -0.25) is 14.5 Å². The lowest BCUT2D eigenvalue weighted by molar-refractivity contribution is -0.150. The smallest absolute Gasteiger partial charge is 0.327 e. The lowest BCUT2D eigenvalue weighted by Gasteiger charge is -2.21. The zero-order valence-electron chi connectivity index (χ0n) is 14.3. The standard InChI is InChI=1S/C18H11Cl2NO6S2/c19-10-3-1-8(5-11(10)20)13-4-2-9(27-13)6-14-16(24)21(18(28)29-14)12(17(25)26)7-15(22)23/h1-6,12H,7H2,(H,22,23)(H,25,26)/b14-6+/t12-/m1/s1. The second-order valence-corrected chi connectivity index (χ2v) is 8.32. The molecule has 1 amide bonds. The molecule has 0 unspecified atom stereocenters. The van der Waals surface area contributed by atoms with E-state index in [4.69, 9.17) is 44.9 Å². The van der Waals surface area contributed by atoms with Crippen LogP contribution in [0.15, 0.2) is 39.7 Å². The van der Waals surface area contributed by atoms with Crippen LogP contribution >= 0.6 is 47.2 Å². The van der Waals surface area contributed by atoms with Gasteiger partial charge in [0.15, 0.2) is 0 Å². The molecule has 1 atom stereocenters. The van der Waals surface area contributed by atoms with E-state index in [0.29, 0.717) is 27.1 Å². The summed E-state index contributed by atoms with van der Waals surface area (Å²) < 4.78 is 5.67. The van der Waals surface area contributed by atoms with Gasteiger partial charge in [-0.15, -0.1) is 0 Å². The second kappa shape index (κ2) is 8.58. The van der Waals surface area contributed by atoms with Gasteiger partial charge in [-0.2, -0.15) is 0 Å². The molecule has 1 saturated heterocycles. The summed E-state index contributed by atoms with van der Waals surface area (Å²) in [7, 11) is 0. The van der Waals surface area contributed by atoms with Gasteiger partial charge in [0.2, 0.25) is 0 Å². The fourth-order valence-electron chi connectivity index (χ4n) is 2.57. The summed E-state index contributed by atoms with van der Waals surface area (Å²) in [6.45, 7) is 0. The highest BCUT2D eigenvalue weighted by Gasteiger charge is 2.41. The minimum atomic E-state index is -1.59. The van der Waals surface area contributed by atoms with E-state index in [0.717, 1.165) is 16.7 Å². The number of amides is 1. The molecule has 29 heavy (non-hydrogen) atoms. The summed E-state index contributed by atoms with van der Waals surface area (Å²) in [4.78, 5) is 35.9. The highest BCUT2D eigenvalue weighted by Crippen LogP contribution is 2.36. The molecule has 2 heterocycles. The number of carboxylic acids is 2. The highest BCUT2D eigenvalue weighted by molar-refractivity contribution is 8.26. The molecule has 3 rings (SSSR count). The van der Waals surface area contributed by atoms with Crippen molar-refractivity contribution in [2.45, 2.75) is 12.5 Å². The summed E-state index contributed by atoms with van der Waals surface area (Å²) in [5, 5.41) is 19.0. The molecule has 11 heteroatoms. The number of aliphatic carboxylic acids is 2. The largest absolute Gasteiger partial charge is 0.481 e. The van der Waals surface area contributed by atoms with Crippen LogP contribution in [0.25, 0.3) is 17.4 Å². The average molecular weight is 472 g/mol. The van der Waals surface area contributed by atoms with Gasteiger partial charge >= 0.3 is 11.9 Å². The van der Waals surface area contributed by atoms with Crippen LogP contribution in [-0.2, 0) is 14.4 Å². The van der Waals surface area contributed by atoms with Crippen molar-refractivity contribution in [3.05, 3.63) is 51.0 Å². The van der Waals surface area contributed by atoms with Crippen LogP contribution in [0.1, 0.15) is 12.2 Å². The molecule has 0 bridgehead atoms. The van der Waals surface area contributed by atoms with Gasteiger partial charge in [0.1, 0.15) is 21.9 Å². The molecular formula is C18H11Cl2NO6S2. The third kappa shape index (κ3) is 4.64. The molecule has 1 aromatic heterocycles. The SMILES string of the molecule is O=C(O)C[C@H](C(=O)O)N1C(=O)/C(=C\c2ccc(-c3ccc(Cl)c(Cl)c3)o2)SC1=S. The zero-order valence-corrected chi connectivity index (χ0v) is 17.4. The fraction of sp³-hybridized carbons (Fsp3) is 0.111. The van der Waals surface area contributed by atoms with Crippen LogP contribution in [0.5, 0.6) is 0 Å². The Hall–Kier alpha value is -2.33. The molecule has 2 aromatic rings. The van der Waals surface area contributed by atoms with Crippen LogP contribution in [0.2, 0.25) is 10.0 Å². The number of thiocarbonyl (C=S) groups is 1. The maximum Gasteiger partial charge on any atom is 0.327 e. The fourth-order valence-corrected chi connectivity index (χ4v) is 4.20. The molecule has 0 aliphatic carbocycles. The first-order chi connectivity index (χ1) is 13.7. The molecular weight excluding hydrogens is 461 g/mol. The van der Waals surface area contributed by atoms with Crippen LogP contribution in [0.3, 0.4) is 0 Å². The minimum absolute atomic E-state index is 0.0360. The van der Waals surface area contributed by atoms with Gasteiger partial charge in [-0.25, -0.2) is 4.79 Å². The van der Waals surface area contributed by atoms with E-state index >= 15 is 0 Å². The predicted octanol–water partition coefficient (Wildman–Crippen LogP) is 4.38. The Labute approximate surface area is 183 Å². The molecule has 1 aromatic carbocycles. The van der Waals surface area contributed by atoms with E-state index < -0.39 is 30.3 Å². The number of thioether (sulfide) groups is 1. The molecule has 150 valence electrons. The van der Waals surface area contributed by atoms with Crippen molar-refractivity contribution in [1.82, 2.24) is 4.90 Å². The maximum absolute atomic E-state index is 12.6. The topological polar surface area (TPSA) is 108 Å². The van der Waals surface area contributed by atoms with E-state index in [9.17, 15) is 19.5 Å². The normalized spacial score (nSPS) is 16.5. The van der Waals surface area contributed by atoms with Gasteiger partial charge in [0, 0.05) is 11.6 Å². The predicted molar refractivity (Wildman–Crippen MR) is 113 cm³/mol. The Morgan fingerprint density at radius 1 is 1.21 bits per heavy atom. The van der Waals surface area contributed by atoms with Crippen molar-refractivity contribution in [1.29, 1.82) is 0 Å². The monoisotopic (exact) mass is 471 g/mol. The lowest BCUT2D eigenvalue weighted by Crippen LogP contribution is -2.45. The van der Waals surface area contributed by atoms with E-state index in [1.165, 1.54) is 6.08 Å². The molecule has 0 spiro atoms. The van der Waals surface area contributed by atoms with Crippen molar-refractivity contribution in [2.24, 2.45) is 0 Å². The number of carbonyl (C=O) groups is 3. The second-order valence-electron chi connectivity index (χ2n) is 5.83. The lowest BCUT2D eigenvalue weighted by atomic mass is 10.2. The first-order valence-electron chi connectivity index (χ1n) is 7.94. The van der Waals surface area contributed by atoms with Gasteiger partial charge < -0.3 is 14.6 Å². The van der Waals surface area contributed by atoms with Crippen molar-refractivity contribution in [3.63, 3.8) is 0 Å². The van der Waals surface area contributed by atoms with E-state index in [1.807, 2.05) is 0 Å². The Morgan fingerprint density at radius 3 is 2.55 bits per heavy atom. The molecule has 0 radical (unpaired) electrons. The minimum Gasteiger partial charge on any atom is -0.481 e. The van der Waals surface area contributed by atoms with Crippen molar-refractivity contribution in [3.8, 4) is 11.3 Å². The highest BCUT2D eigenvalue weighted by atomic mass is 35.5. The van der Waals surface area contributed by atoms with Gasteiger partial charge in [0.25, 0.3) is 5.91 Å². The van der Waals surface area contributed by atoms with Crippen LogP contribution in [-0.4, -0.2) is 43.3 Å². The number of furan rings is 1. The van der Waals surface area contributed by atoms with Crippen molar-refractivity contribution >= 4 is 75.4 Å². The first kappa shape index (κ1) is 21.4. The summed E-state index contributed by atoms with van der Waals surface area (Å²) in [5.74, 6) is -2.69. The summed E-state index contributed by atoms with van der Waals surface area (Å²) in [6.07, 6.45) is 0.650. The van der Waals surface area contributed by atoms with Crippen LogP contribution in [0.4, 0.5) is 0 Å². The quantitative estimate of drug-likeness (QED) is 0.471. The Bertz CT molecular complexity index is 1060. The summed E-state index contributed by atoms with van der Waals surface area (Å²) >= 11 is 17.9. The first-order valence-corrected chi connectivity index (χ1v) is 9.92. The van der Waals surface area contributed by atoms with Gasteiger partial charge in [-0.1, -0.05) is 47.2 Å². The molecule has 2 N–H and O–H groups in total. The number of benzene rings is 1. The Kier molecular flexibility index (Phi) is 6.33. The van der Waals surface area contributed by atoms with Gasteiger partial charge in [0.05, 0.1) is 21.4 Å². The average Bonchev–Trinajstić information content (AvgIpc) is 3.20. The number of nitrogens with zero attached hydrogens (tertiary/aromatic N) is 1. The molecule has 1 aliphatic heterocycles.